The number of nitrogens with zero attached hydrogens (tertiary/aromatic N) is 1. The minimum Gasteiger partial charge on any atom is -0.469 e. The molecule has 0 saturated carbocycles. The fourth-order valence-corrected chi connectivity index (χ4v) is 2.25. The SMILES string of the molecule is COC(=O)Cc1ccccc1Cn1cccc1C(C)O. The van der Waals surface area contributed by atoms with Gasteiger partial charge in [-0.3, -0.25) is 4.79 Å². The van der Waals surface area contributed by atoms with E-state index in [1.54, 1.807) is 6.92 Å². The summed E-state index contributed by atoms with van der Waals surface area (Å²) < 4.78 is 6.71. The van der Waals surface area contributed by atoms with E-state index in [1.165, 1.54) is 7.11 Å². The number of methoxy groups -OCH3 is 1. The molecule has 0 aliphatic heterocycles. The maximum Gasteiger partial charge on any atom is 0.309 e. The lowest BCUT2D eigenvalue weighted by atomic mass is 10.0. The summed E-state index contributed by atoms with van der Waals surface area (Å²) in [5.74, 6) is -0.249. The van der Waals surface area contributed by atoms with E-state index in [1.807, 2.05) is 47.2 Å². The summed E-state index contributed by atoms with van der Waals surface area (Å²) in [4.78, 5) is 11.4. The third-order valence-corrected chi connectivity index (χ3v) is 3.31. The molecule has 1 heterocycles. The van der Waals surface area contributed by atoms with E-state index in [0.717, 1.165) is 16.8 Å². The van der Waals surface area contributed by atoms with E-state index in [2.05, 4.69) is 0 Å². The number of ether oxygens (including phenoxy) is 1. The molecular weight excluding hydrogens is 254 g/mol. The first-order valence-corrected chi connectivity index (χ1v) is 6.58. The van der Waals surface area contributed by atoms with Gasteiger partial charge in [0, 0.05) is 18.4 Å². The minimum absolute atomic E-state index is 0.249. The Kier molecular flexibility index (Phi) is 4.58. The van der Waals surface area contributed by atoms with Crippen LogP contribution in [0.1, 0.15) is 29.8 Å². The Morgan fingerprint density at radius 3 is 2.60 bits per heavy atom. The summed E-state index contributed by atoms with van der Waals surface area (Å²) >= 11 is 0. The molecule has 0 aliphatic rings. The Balaban J connectivity index is 2.25. The van der Waals surface area contributed by atoms with Crippen LogP contribution in [0.25, 0.3) is 0 Å². The summed E-state index contributed by atoms with van der Waals surface area (Å²) in [6.07, 6.45) is 1.67. The molecule has 0 aliphatic carbocycles. The Bertz CT molecular complexity index is 587. The Labute approximate surface area is 118 Å². The highest BCUT2D eigenvalue weighted by atomic mass is 16.5. The van der Waals surface area contributed by atoms with Crippen LogP contribution in [0.4, 0.5) is 0 Å². The second kappa shape index (κ2) is 6.39. The number of benzene rings is 1. The van der Waals surface area contributed by atoms with Gasteiger partial charge >= 0.3 is 5.97 Å². The van der Waals surface area contributed by atoms with E-state index < -0.39 is 6.10 Å². The predicted octanol–water partition coefficient (Wildman–Crippen LogP) is 2.31. The van der Waals surface area contributed by atoms with Gasteiger partial charge in [0.05, 0.1) is 19.6 Å². The molecule has 20 heavy (non-hydrogen) atoms. The van der Waals surface area contributed by atoms with Crippen molar-refractivity contribution in [3.8, 4) is 0 Å². The zero-order chi connectivity index (χ0) is 14.5. The van der Waals surface area contributed by atoms with Crippen molar-refractivity contribution < 1.29 is 14.6 Å². The van der Waals surface area contributed by atoms with Crippen molar-refractivity contribution in [2.45, 2.75) is 26.0 Å². The summed E-state index contributed by atoms with van der Waals surface area (Å²) in [6, 6.07) is 11.6. The smallest absolute Gasteiger partial charge is 0.309 e. The van der Waals surface area contributed by atoms with Crippen LogP contribution in [0.5, 0.6) is 0 Å². The summed E-state index contributed by atoms with van der Waals surface area (Å²) in [6.45, 7) is 2.37. The fraction of sp³-hybridized carbons (Fsp3) is 0.312. The molecule has 0 radical (unpaired) electrons. The second-order valence-electron chi connectivity index (χ2n) is 4.76. The first kappa shape index (κ1) is 14.3. The van der Waals surface area contributed by atoms with Crippen LogP contribution >= 0.6 is 0 Å². The lowest BCUT2D eigenvalue weighted by Gasteiger charge is -2.14. The van der Waals surface area contributed by atoms with Crippen molar-refractivity contribution in [3.05, 3.63) is 59.4 Å². The number of hydrogen-bond acceptors (Lipinski definition) is 3. The van der Waals surface area contributed by atoms with Crippen LogP contribution in [0.2, 0.25) is 0 Å². The molecule has 1 aromatic carbocycles. The third-order valence-electron chi connectivity index (χ3n) is 3.31. The van der Waals surface area contributed by atoms with Gasteiger partial charge in [-0.1, -0.05) is 24.3 Å². The van der Waals surface area contributed by atoms with Crippen LogP contribution in [0.3, 0.4) is 0 Å². The lowest BCUT2D eigenvalue weighted by molar-refractivity contribution is -0.139. The zero-order valence-corrected chi connectivity index (χ0v) is 11.7. The van der Waals surface area contributed by atoms with Crippen LogP contribution in [-0.4, -0.2) is 22.8 Å². The predicted molar refractivity (Wildman–Crippen MR) is 76.3 cm³/mol. The highest BCUT2D eigenvalue weighted by Crippen LogP contribution is 2.17. The maximum atomic E-state index is 11.4. The molecule has 0 bridgehead atoms. The minimum atomic E-state index is -0.516. The van der Waals surface area contributed by atoms with E-state index in [9.17, 15) is 9.90 Å². The van der Waals surface area contributed by atoms with Gasteiger partial charge in [-0.15, -0.1) is 0 Å². The highest BCUT2D eigenvalue weighted by molar-refractivity contribution is 5.72. The molecule has 1 unspecified atom stereocenters. The number of aliphatic hydroxyl groups excluding tert-OH is 1. The number of carbonyl (C=O) groups is 1. The number of aromatic nitrogens is 1. The second-order valence-corrected chi connectivity index (χ2v) is 4.76. The molecule has 1 aromatic heterocycles. The van der Waals surface area contributed by atoms with Crippen molar-refractivity contribution in [2.24, 2.45) is 0 Å². The van der Waals surface area contributed by atoms with Crippen molar-refractivity contribution in [1.82, 2.24) is 4.57 Å². The lowest BCUT2D eigenvalue weighted by Crippen LogP contribution is -2.10. The molecule has 2 rings (SSSR count). The van der Waals surface area contributed by atoms with Crippen molar-refractivity contribution in [2.75, 3.05) is 7.11 Å². The van der Waals surface area contributed by atoms with Gasteiger partial charge in [0.15, 0.2) is 0 Å². The van der Waals surface area contributed by atoms with Gasteiger partial charge in [0.1, 0.15) is 0 Å². The fourth-order valence-electron chi connectivity index (χ4n) is 2.25. The standard InChI is InChI=1S/C16H19NO3/c1-12(18)15-8-5-9-17(15)11-14-7-4-3-6-13(14)10-16(19)20-2/h3-9,12,18H,10-11H2,1-2H3. The van der Waals surface area contributed by atoms with Gasteiger partial charge < -0.3 is 14.4 Å². The Morgan fingerprint density at radius 2 is 1.95 bits per heavy atom. The monoisotopic (exact) mass is 273 g/mol. The molecule has 0 amide bonds. The summed E-state index contributed by atoms with van der Waals surface area (Å²) in [5.41, 5.74) is 2.86. The third kappa shape index (κ3) is 3.27. The molecular formula is C16H19NO3. The van der Waals surface area contributed by atoms with E-state index in [0.29, 0.717) is 6.54 Å². The van der Waals surface area contributed by atoms with Gasteiger partial charge in [0.25, 0.3) is 0 Å². The number of carbonyl (C=O) groups excluding carboxylic acids is 1. The molecule has 0 saturated heterocycles. The number of aliphatic hydroxyl groups is 1. The van der Waals surface area contributed by atoms with Crippen LogP contribution in [0, 0.1) is 0 Å². The first-order chi connectivity index (χ1) is 9.61. The Morgan fingerprint density at radius 1 is 1.25 bits per heavy atom. The summed E-state index contributed by atoms with van der Waals surface area (Å²) in [7, 11) is 1.39. The molecule has 2 aromatic rings. The van der Waals surface area contributed by atoms with Crippen molar-refractivity contribution in [3.63, 3.8) is 0 Å². The van der Waals surface area contributed by atoms with E-state index in [4.69, 9.17) is 4.74 Å². The van der Waals surface area contributed by atoms with Gasteiger partial charge in [-0.05, 0) is 30.2 Å². The van der Waals surface area contributed by atoms with E-state index in [-0.39, 0.29) is 12.4 Å². The van der Waals surface area contributed by atoms with Gasteiger partial charge in [0.2, 0.25) is 0 Å². The van der Waals surface area contributed by atoms with E-state index >= 15 is 0 Å². The average Bonchev–Trinajstić information content (AvgIpc) is 2.89. The van der Waals surface area contributed by atoms with Crippen molar-refractivity contribution >= 4 is 5.97 Å². The first-order valence-electron chi connectivity index (χ1n) is 6.58. The quantitative estimate of drug-likeness (QED) is 0.850. The Hall–Kier alpha value is -2.07. The van der Waals surface area contributed by atoms with Crippen LogP contribution in [-0.2, 0) is 22.5 Å². The van der Waals surface area contributed by atoms with Gasteiger partial charge in [-0.2, -0.15) is 0 Å². The molecule has 0 fully saturated rings. The molecule has 0 spiro atoms. The number of esters is 1. The largest absolute Gasteiger partial charge is 0.469 e. The topological polar surface area (TPSA) is 51.5 Å². The maximum absolute atomic E-state index is 11.4. The molecule has 4 nitrogen and oxygen atoms in total. The number of hydrogen-bond donors (Lipinski definition) is 1. The highest BCUT2D eigenvalue weighted by Gasteiger charge is 2.11. The normalized spacial score (nSPS) is 12.2. The molecule has 1 atom stereocenters. The molecule has 1 N–H and O–H groups in total. The van der Waals surface area contributed by atoms with Gasteiger partial charge in [-0.25, -0.2) is 0 Å². The number of rotatable bonds is 5. The average molecular weight is 273 g/mol. The summed E-state index contributed by atoms with van der Waals surface area (Å²) in [5, 5.41) is 9.73. The van der Waals surface area contributed by atoms with Crippen LogP contribution in [0.15, 0.2) is 42.6 Å². The molecule has 106 valence electrons. The van der Waals surface area contributed by atoms with Crippen LogP contribution < -0.4 is 0 Å². The zero-order valence-electron chi connectivity index (χ0n) is 11.7. The van der Waals surface area contributed by atoms with Crippen molar-refractivity contribution in [1.29, 1.82) is 0 Å². The molecule has 4 heteroatoms.